The maximum Gasteiger partial charge on any atom is 0.391 e. The standard InChI is InChI=1S/C44H65O3P/c1-25-28-20-26(39(2,3)4)22-31(41(8,9)10)34(28)30-24-33(47-48(45)46)38(44(17,18)19)36(37(30)43(14,15)16)35-29(25)21-27(40(5,6)7)23-32(35)42(11,12)13/h20-25,45-46H,1-19H3. The van der Waals surface area contributed by atoms with Crippen LogP contribution in [0.1, 0.15) is 182 Å². The van der Waals surface area contributed by atoms with Crippen LogP contribution in [-0.4, -0.2) is 9.79 Å². The van der Waals surface area contributed by atoms with Gasteiger partial charge in [0.15, 0.2) is 0 Å². The molecule has 0 radical (unpaired) electrons. The average molecular weight is 673 g/mol. The van der Waals surface area contributed by atoms with Gasteiger partial charge in [-0.15, -0.1) is 0 Å². The molecule has 3 nitrogen and oxygen atoms in total. The second kappa shape index (κ2) is 12.0. The molecule has 264 valence electrons. The van der Waals surface area contributed by atoms with Gasteiger partial charge in [0, 0.05) is 11.5 Å². The molecule has 1 unspecified atom stereocenters. The van der Waals surface area contributed by atoms with Crippen molar-refractivity contribution < 1.29 is 14.3 Å². The van der Waals surface area contributed by atoms with E-state index in [1.54, 1.807) is 0 Å². The molecule has 0 saturated carbocycles. The Kier molecular flexibility index (Phi) is 9.62. The van der Waals surface area contributed by atoms with Crippen molar-refractivity contribution in [2.24, 2.45) is 0 Å². The summed E-state index contributed by atoms with van der Waals surface area (Å²) in [5, 5.41) is 0. The van der Waals surface area contributed by atoms with Crippen LogP contribution in [-0.2, 0) is 32.5 Å². The fourth-order valence-electron chi connectivity index (χ4n) is 7.60. The van der Waals surface area contributed by atoms with Gasteiger partial charge in [-0.3, -0.25) is 0 Å². The van der Waals surface area contributed by atoms with Crippen LogP contribution in [0.2, 0.25) is 0 Å². The Hall–Kier alpha value is -2.19. The third-order valence-electron chi connectivity index (χ3n) is 10.1. The van der Waals surface area contributed by atoms with Gasteiger partial charge in [0.25, 0.3) is 0 Å². The molecule has 1 aliphatic carbocycles. The second-order valence-corrected chi connectivity index (χ2v) is 21.3. The van der Waals surface area contributed by atoms with E-state index >= 15 is 0 Å². The van der Waals surface area contributed by atoms with Crippen molar-refractivity contribution in [1.82, 2.24) is 0 Å². The second-order valence-electron chi connectivity index (χ2n) is 20.6. The summed E-state index contributed by atoms with van der Waals surface area (Å²) in [6.07, 6.45) is 0. The lowest BCUT2D eigenvalue weighted by Crippen LogP contribution is -2.27. The first-order valence-electron chi connectivity index (χ1n) is 17.8. The molecule has 2 N–H and O–H groups in total. The predicted octanol–water partition coefficient (Wildman–Crippen LogP) is 12.9. The molecule has 0 spiro atoms. The van der Waals surface area contributed by atoms with Crippen LogP contribution < -0.4 is 4.52 Å². The molecule has 0 heterocycles. The van der Waals surface area contributed by atoms with Gasteiger partial charge in [0.2, 0.25) is 0 Å². The summed E-state index contributed by atoms with van der Waals surface area (Å²) < 4.78 is 6.13. The van der Waals surface area contributed by atoms with E-state index in [1.165, 1.54) is 55.6 Å². The van der Waals surface area contributed by atoms with E-state index in [0.717, 1.165) is 11.1 Å². The van der Waals surface area contributed by atoms with E-state index in [-0.39, 0.29) is 38.4 Å². The van der Waals surface area contributed by atoms with E-state index in [0.29, 0.717) is 5.75 Å². The zero-order valence-corrected chi connectivity index (χ0v) is 34.6. The number of benzene rings is 3. The minimum absolute atomic E-state index is 0.0459. The molecule has 1 atom stereocenters. The summed E-state index contributed by atoms with van der Waals surface area (Å²) >= 11 is 0. The number of fused-ring (bicyclic) bond motifs is 6. The fraction of sp³-hybridized carbons (Fsp3) is 0.591. The Morgan fingerprint density at radius 3 is 1.23 bits per heavy atom. The number of hydrogen-bond acceptors (Lipinski definition) is 3. The lowest BCUT2D eigenvalue weighted by Gasteiger charge is -2.42. The molecule has 0 aromatic heterocycles. The minimum Gasteiger partial charge on any atom is -0.427 e. The first-order valence-corrected chi connectivity index (χ1v) is 19.0. The highest BCUT2D eigenvalue weighted by Crippen LogP contribution is 2.59. The summed E-state index contributed by atoms with van der Waals surface area (Å²) in [6, 6.07) is 12.0. The van der Waals surface area contributed by atoms with Gasteiger partial charge in [-0.05, 0) is 99.8 Å². The quantitative estimate of drug-likeness (QED) is 0.266. The zero-order chi connectivity index (χ0) is 36.9. The third kappa shape index (κ3) is 7.17. The van der Waals surface area contributed by atoms with Crippen molar-refractivity contribution in [3.63, 3.8) is 0 Å². The molecule has 0 aliphatic heterocycles. The molecule has 4 rings (SSSR count). The van der Waals surface area contributed by atoms with Crippen LogP contribution in [0.25, 0.3) is 22.3 Å². The van der Waals surface area contributed by atoms with E-state index in [9.17, 15) is 9.79 Å². The van der Waals surface area contributed by atoms with Crippen molar-refractivity contribution in [2.75, 3.05) is 0 Å². The normalized spacial score (nSPS) is 16.0. The Morgan fingerprint density at radius 2 is 0.875 bits per heavy atom. The van der Waals surface area contributed by atoms with Crippen LogP contribution in [0.4, 0.5) is 0 Å². The lowest BCUT2D eigenvalue weighted by molar-refractivity contribution is 0.370. The van der Waals surface area contributed by atoms with Gasteiger partial charge in [-0.25, -0.2) is 0 Å². The van der Waals surface area contributed by atoms with Gasteiger partial charge >= 0.3 is 8.60 Å². The van der Waals surface area contributed by atoms with Gasteiger partial charge in [0.05, 0.1) is 0 Å². The summed E-state index contributed by atoms with van der Waals surface area (Å²) in [5.41, 5.74) is 14.1. The average Bonchev–Trinajstić information content (AvgIpc) is 2.86. The third-order valence-corrected chi connectivity index (χ3v) is 10.5. The SMILES string of the molecule is CC1c2cc(C(C)(C)C)cc(C(C)(C)C)c2-c2cc(OP(O)O)c(C(C)(C)C)c(c2C(C)(C)C)-c2c1cc(C(C)(C)C)cc2C(C)(C)C. The predicted molar refractivity (Wildman–Crippen MR) is 209 cm³/mol. The first-order chi connectivity index (χ1) is 21.4. The van der Waals surface area contributed by atoms with E-state index < -0.39 is 8.60 Å². The Bertz CT molecular complexity index is 1720. The first kappa shape index (κ1) is 38.6. The smallest absolute Gasteiger partial charge is 0.391 e. The summed E-state index contributed by atoms with van der Waals surface area (Å²) in [6.45, 7) is 43.9. The summed E-state index contributed by atoms with van der Waals surface area (Å²) in [7, 11) is -2.64. The molecule has 0 amide bonds. The molecule has 0 saturated heterocycles. The van der Waals surface area contributed by atoms with Crippen molar-refractivity contribution in [2.45, 2.75) is 170 Å². The Labute approximate surface area is 294 Å². The van der Waals surface area contributed by atoms with Crippen molar-refractivity contribution in [3.05, 3.63) is 74.8 Å². The van der Waals surface area contributed by atoms with Crippen LogP contribution in [0, 0.1) is 0 Å². The molecule has 3 aromatic carbocycles. The van der Waals surface area contributed by atoms with Crippen LogP contribution >= 0.6 is 8.60 Å². The van der Waals surface area contributed by atoms with Crippen molar-refractivity contribution in [3.8, 4) is 28.0 Å². The largest absolute Gasteiger partial charge is 0.427 e. The van der Waals surface area contributed by atoms with Gasteiger partial charge in [0.1, 0.15) is 5.75 Å². The number of hydrogen-bond donors (Lipinski definition) is 2. The van der Waals surface area contributed by atoms with Crippen LogP contribution in [0.15, 0.2) is 30.3 Å². The van der Waals surface area contributed by atoms with Crippen molar-refractivity contribution in [1.29, 1.82) is 0 Å². The Morgan fingerprint density at radius 1 is 0.479 bits per heavy atom. The zero-order valence-electron chi connectivity index (χ0n) is 33.7. The topological polar surface area (TPSA) is 49.7 Å². The highest BCUT2D eigenvalue weighted by atomic mass is 31.2. The maximum atomic E-state index is 10.5. The van der Waals surface area contributed by atoms with Crippen LogP contribution in [0.3, 0.4) is 0 Å². The van der Waals surface area contributed by atoms with Crippen molar-refractivity contribution >= 4 is 8.60 Å². The summed E-state index contributed by atoms with van der Waals surface area (Å²) in [4.78, 5) is 20.9. The summed E-state index contributed by atoms with van der Waals surface area (Å²) in [5.74, 6) is 0.654. The molecular formula is C44H65O3P. The molecule has 4 heteroatoms. The number of rotatable bonds is 2. The highest BCUT2D eigenvalue weighted by molar-refractivity contribution is 7.39. The molecule has 0 fully saturated rings. The van der Waals surface area contributed by atoms with E-state index in [4.69, 9.17) is 4.52 Å². The monoisotopic (exact) mass is 672 g/mol. The van der Waals surface area contributed by atoms with Gasteiger partial charge in [-0.1, -0.05) is 156 Å². The highest BCUT2D eigenvalue weighted by Gasteiger charge is 2.41. The molecular weight excluding hydrogens is 607 g/mol. The minimum atomic E-state index is -2.64. The lowest BCUT2D eigenvalue weighted by atomic mass is 9.62. The Balaban J connectivity index is 2.57. The van der Waals surface area contributed by atoms with E-state index in [1.807, 2.05) is 0 Å². The van der Waals surface area contributed by atoms with Crippen LogP contribution in [0.5, 0.6) is 5.75 Å². The fourth-order valence-corrected chi connectivity index (χ4v) is 7.92. The maximum absolute atomic E-state index is 10.5. The van der Waals surface area contributed by atoms with E-state index in [2.05, 4.69) is 162 Å². The van der Waals surface area contributed by atoms with Gasteiger partial charge in [-0.2, -0.15) is 0 Å². The molecule has 3 aromatic rings. The molecule has 1 aliphatic rings. The van der Waals surface area contributed by atoms with Gasteiger partial charge < -0.3 is 14.3 Å². The molecule has 2 bridgehead atoms. The molecule has 48 heavy (non-hydrogen) atoms.